The molecule has 1 aromatic carbocycles. The van der Waals surface area contributed by atoms with Crippen LogP contribution in [0.3, 0.4) is 0 Å². The number of hydrogen-bond acceptors (Lipinski definition) is 6. The molecule has 1 spiro atoms. The summed E-state index contributed by atoms with van der Waals surface area (Å²) in [5, 5.41) is 3.15. The number of likely N-dealkylation sites (tertiary alicyclic amines) is 1. The molecule has 4 aliphatic rings. The molecule has 3 fully saturated rings. The summed E-state index contributed by atoms with van der Waals surface area (Å²) >= 11 is 1.53. The van der Waals surface area contributed by atoms with Gasteiger partial charge in [-0.25, -0.2) is 0 Å². The Labute approximate surface area is 199 Å². The van der Waals surface area contributed by atoms with Crippen LogP contribution in [-0.4, -0.2) is 55.0 Å². The minimum absolute atomic E-state index is 0.0120. The van der Waals surface area contributed by atoms with Gasteiger partial charge in [0, 0.05) is 61.7 Å². The molecule has 3 aliphatic heterocycles. The normalized spacial score (nSPS) is 23.5. The van der Waals surface area contributed by atoms with Crippen molar-refractivity contribution in [2.45, 2.75) is 69.4 Å². The number of piperidine rings is 1. The van der Waals surface area contributed by atoms with Crippen molar-refractivity contribution < 1.29 is 19.0 Å². The fraction of sp³-hybridized carbons (Fsp3) is 0.577. The predicted molar refractivity (Wildman–Crippen MR) is 128 cm³/mol. The van der Waals surface area contributed by atoms with Crippen molar-refractivity contribution in [3.63, 3.8) is 0 Å². The molecule has 1 aromatic heterocycles. The van der Waals surface area contributed by atoms with Gasteiger partial charge in [0.2, 0.25) is 5.79 Å². The van der Waals surface area contributed by atoms with Crippen LogP contribution in [0.15, 0.2) is 30.3 Å². The Bertz CT molecular complexity index is 1000. The number of carbonyl (C=O) groups is 1. The van der Waals surface area contributed by atoms with E-state index in [2.05, 4.69) is 28.4 Å². The van der Waals surface area contributed by atoms with E-state index in [0.29, 0.717) is 6.61 Å². The van der Waals surface area contributed by atoms with Crippen molar-refractivity contribution >= 4 is 17.2 Å². The quantitative estimate of drug-likeness (QED) is 0.712. The minimum Gasteiger partial charge on any atom is -0.462 e. The van der Waals surface area contributed by atoms with E-state index in [1.165, 1.54) is 30.6 Å². The van der Waals surface area contributed by atoms with Crippen molar-refractivity contribution in [2.24, 2.45) is 0 Å². The second-order valence-corrected chi connectivity index (χ2v) is 10.9. The monoisotopic (exact) mass is 468 g/mol. The molecule has 1 aliphatic carbocycles. The van der Waals surface area contributed by atoms with Crippen LogP contribution in [0.1, 0.15) is 60.2 Å². The Kier molecular flexibility index (Phi) is 5.90. The molecule has 0 radical (unpaired) electrons. The molecule has 4 heterocycles. The molecular formula is C26H32N2O4S. The highest BCUT2D eigenvalue weighted by Gasteiger charge is 2.42. The van der Waals surface area contributed by atoms with E-state index >= 15 is 0 Å². The Morgan fingerprint density at radius 1 is 1.06 bits per heavy atom. The summed E-state index contributed by atoms with van der Waals surface area (Å²) in [7, 11) is 0. The van der Waals surface area contributed by atoms with E-state index in [4.69, 9.17) is 14.2 Å². The van der Waals surface area contributed by atoms with Crippen LogP contribution in [-0.2, 0) is 16.1 Å². The van der Waals surface area contributed by atoms with E-state index in [-0.39, 0.29) is 11.9 Å². The van der Waals surface area contributed by atoms with Gasteiger partial charge in [-0.05, 0) is 61.6 Å². The molecule has 2 saturated heterocycles. The van der Waals surface area contributed by atoms with Crippen LogP contribution in [0.25, 0.3) is 10.4 Å². The van der Waals surface area contributed by atoms with Gasteiger partial charge in [-0.3, -0.25) is 9.69 Å². The molecule has 0 unspecified atom stereocenters. The SMILES string of the molecule is O=C(NC1CCOCC1)c1ccc(-c2ccc3c(c2)COC2(CCN(C4CCC4)CC2)O3)s1. The lowest BCUT2D eigenvalue weighted by molar-refractivity contribution is -0.231. The van der Waals surface area contributed by atoms with Crippen LogP contribution in [0.5, 0.6) is 5.75 Å². The molecule has 33 heavy (non-hydrogen) atoms. The highest BCUT2D eigenvalue weighted by Crippen LogP contribution is 2.41. The Morgan fingerprint density at radius 2 is 1.88 bits per heavy atom. The lowest BCUT2D eigenvalue weighted by Crippen LogP contribution is -2.54. The molecular weight excluding hydrogens is 436 g/mol. The number of benzene rings is 1. The van der Waals surface area contributed by atoms with Crippen molar-refractivity contribution in [3.8, 4) is 16.2 Å². The van der Waals surface area contributed by atoms with Crippen LogP contribution >= 0.6 is 11.3 Å². The number of thiophene rings is 1. The Morgan fingerprint density at radius 3 is 2.64 bits per heavy atom. The van der Waals surface area contributed by atoms with Crippen molar-refractivity contribution in [3.05, 3.63) is 40.8 Å². The van der Waals surface area contributed by atoms with E-state index < -0.39 is 5.79 Å². The second-order valence-electron chi connectivity index (χ2n) is 9.77. The second kappa shape index (κ2) is 9.02. The van der Waals surface area contributed by atoms with E-state index in [1.54, 1.807) is 0 Å². The number of carbonyl (C=O) groups excluding carboxylic acids is 1. The third-order valence-electron chi connectivity index (χ3n) is 7.67. The first-order chi connectivity index (χ1) is 16.2. The summed E-state index contributed by atoms with van der Waals surface area (Å²) < 4.78 is 18.1. The van der Waals surface area contributed by atoms with Gasteiger partial charge in [0.25, 0.3) is 5.91 Å². The predicted octanol–water partition coefficient (Wildman–Crippen LogP) is 4.58. The molecule has 1 N–H and O–H groups in total. The molecule has 1 saturated carbocycles. The lowest BCUT2D eigenvalue weighted by Gasteiger charge is -2.47. The number of nitrogens with zero attached hydrogens (tertiary/aromatic N) is 1. The zero-order valence-electron chi connectivity index (χ0n) is 19.0. The lowest BCUT2D eigenvalue weighted by atomic mass is 9.89. The number of rotatable bonds is 4. The van der Waals surface area contributed by atoms with Crippen LogP contribution < -0.4 is 10.1 Å². The smallest absolute Gasteiger partial charge is 0.261 e. The summed E-state index contributed by atoms with van der Waals surface area (Å²) in [5.74, 6) is 0.488. The number of fused-ring (bicyclic) bond motifs is 1. The minimum atomic E-state index is -0.465. The highest BCUT2D eigenvalue weighted by molar-refractivity contribution is 7.17. The van der Waals surface area contributed by atoms with Gasteiger partial charge in [-0.2, -0.15) is 0 Å². The first kappa shape index (κ1) is 21.6. The summed E-state index contributed by atoms with van der Waals surface area (Å²) in [6.45, 7) is 4.15. The summed E-state index contributed by atoms with van der Waals surface area (Å²) in [5.41, 5.74) is 2.19. The summed E-state index contributed by atoms with van der Waals surface area (Å²) in [4.78, 5) is 17.1. The van der Waals surface area contributed by atoms with Gasteiger partial charge in [0.15, 0.2) is 0 Å². The van der Waals surface area contributed by atoms with Gasteiger partial charge < -0.3 is 19.5 Å². The largest absolute Gasteiger partial charge is 0.462 e. The van der Waals surface area contributed by atoms with Gasteiger partial charge in [0.1, 0.15) is 5.75 Å². The molecule has 0 bridgehead atoms. The van der Waals surface area contributed by atoms with Gasteiger partial charge in [0.05, 0.1) is 11.5 Å². The van der Waals surface area contributed by atoms with Crippen LogP contribution in [0.2, 0.25) is 0 Å². The average Bonchev–Trinajstić information content (AvgIpc) is 3.31. The topological polar surface area (TPSA) is 60.0 Å². The molecule has 6 nitrogen and oxygen atoms in total. The van der Waals surface area contributed by atoms with Gasteiger partial charge in [-0.15, -0.1) is 11.3 Å². The Balaban J connectivity index is 1.11. The maximum atomic E-state index is 12.7. The first-order valence-corrected chi connectivity index (χ1v) is 13.2. The van der Waals surface area contributed by atoms with E-state index in [0.717, 1.165) is 84.7 Å². The summed E-state index contributed by atoms with van der Waals surface area (Å²) in [6.07, 6.45) is 7.71. The average molecular weight is 469 g/mol. The van der Waals surface area contributed by atoms with Crippen LogP contribution in [0.4, 0.5) is 0 Å². The fourth-order valence-electron chi connectivity index (χ4n) is 5.33. The van der Waals surface area contributed by atoms with Crippen molar-refractivity contribution in [1.29, 1.82) is 0 Å². The van der Waals surface area contributed by atoms with Crippen LogP contribution in [0, 0.1) is 0 Å². The number of nitrogens with one attached hydrogen (secondary N) is 1. The first-order valence-electron chi connectivity index (χ1n) is 12.4. The molecule has 1 amide bonds. The summed E-state index contributed by atoms with van der Waals surface area (Å²) in [6, 6.07) is 11.3. The zero-order valence-corrected chi connectivity index (χ0v) is 19.8. The number of amides is 1. The fourth-order valence-corrected chi connectivity index (χ4v) is 6.23. The van der Waals surface area contributed by atoms with Crippen molar-refractivity contribution in [1.82, 2.24) is 10.2 Å². The van der Waals surface area contributed by atoms with Gasteiger partial charge >= 0.3 is 0 Å². The molecule has 0 atom stereocenters. The van der Waals surface area contributed by atoms with E-state index in [1.807, 2.05) is 12.1 Å². The van der Waals surface area contributed by atoms with Gasteiger partial charge in [-0.1, -0.05) is 6.42 Å². The van der Waals surface area contributed by atoms with Crippen molar-refractivity contribution in [2.75, 3.05) is 26.3 Å². The molecule has 176 valence electrons. The zero-order chi connectivity index (χ0) is 22.3. The third kappa shape index (κ3) is 4.44. The molecule has 2 aromatic rings. The number of hydrogen-bond donors (Lipinski definition) is 1. The number of ether oxygens (including phenoxy) is 3. The maximum Gasteiger partial charge on any atom is 0.261 e. The van der Waals surface area contributed by atoms with E-state index in [9.17, 15) is 4.79 Å². The standard InChI is InChI=1S/C26H32N2O4S/c29-25(27-20-8-14-30-15-9-20)24-7-6-23(33-24)18-4-5-22-19(16-18)17-31-26(32-22)10-12-28(13-11-26)21-2-1-3-21/h4-7,16,20-21H,1-3,8-15,17H2,(H,27,29). The molecule has 7 heteroatoms. The molecule has 6 rings (SSSR count). The third-order valence-corrected chi connectivity index (χ3v) is 8.80. The maximum absolute atomic E-state index is 12.7. The highest BCUT2D eigenvalue weighted by atomic mass is 32.1. The Hall–Kier alpha value is -1.93.